The highest BCUT2D eigenvalue weighted by Crippen LogP contribution is 2.39. The van der Waals surface area contributed by atoms with Crippen LogP contribution in [0.25, 0.3) is 11.0 Å². The van der Waals surface area contributed by atoms with Gasteiger partial charge in [0.05, 0.1) is 18.0 Å². The lowest BCUT2D eigenvalue weighted by molar-refractivity contribution is -0.183. The van der Waals surface area contributed by atoms with Crippen LogP contribution in [-0.4, -0.2) is 27.3 Å². The van der Waals surface area contributed by atoms with Crippen molar-refractivity contribution in [2.75, 3.05) is 6.54 Å². The van der Waals surface area contributed by atoms with Crippen LogP contribution in [0.3, 0.4) is 0 Å². The van der Waals surface area contributed by atoms with Crippen molar-refractivity contribution in [3.05, 3.63) is 62.8 Å². The van der Waals surface area contributed by atoms with Crippen molar-refractivity contribution in [1.29, 1.82) is 0 Å². The van der Waals surface area contributed by atoms with E-state index in [-0.39, 0.29) is 29.2 Å². The average Bonchev–Trinajstić information content (AvgIpc) is 3.15. The van der Waals surface area contributed by atoms with E-state index in [1.807, 2.05) is 24.3 Å². The summed E-state index contributed by atoms with van der Waals surface area (Å²) in [4.78, 5) is 17.6. The molecule has 0 amide bonds. The third-order valence-electron chi connectivity index (χ3n) is 5.33. The van der Waals surface area contributed by atoms with Gasteiger partial charge in [0.15, 0.2) is 4.77 Å². The molecule has 28 heavy (non-hydrogen) atoms. The summed E-state index contributed by atoms with van der Waals surface area (Å²) in [6, 6.07) is 8.81. The second kappa shape index (κ2) is 7.21. The van der Waals surface area contributed by atoms with Crippen LogP contribution in [0.4, 0.5) is 13.2 Å². The fourth-order valence-corrected chi connectivity index (χ4v) is 4.16. The van der Waals surface area contributed by atoms with Crippen LogP contribution in [0.2, 0.25) is 0 Å². The highest BCUT2D eigenvalue weighted by molar-refractivity contribution is 7.71. The number of piperidine rings is 1. The van der Waals surface area contributed by atoms with Crippen LogP contribution in [-0.2, 0) is 6.54 Å². The molecular weight excluding hydrogens is 389 g/mol. The smallest absolute Gasteiger partial charge is 0.355 e. The molecule has 0 saturated carbocycles. The SMILES string of the molecule is O=c1[nH]c(=S)n(Cc2ccccc2[C@H]2C[C@@H](C(F)(F)F)CCN2)c2cc[nH]c12. The Labute approximate surface area is 163 Å². The third-order valence-corrected chi connectivity index (χ3v) is 5.66. The monoisotopic (exact) mass is 408 g/mol. The minimum absolute atomic E-state index is 0.0110. The summed E-state index contributed by atoms with van der Waals surface area (Å²) in [7, 11) is 0. The molecule has 1 fully saturated rings. The number of H-pyrrole nitrogens is 2. The van der Waals surface area contributed by atoms with Crippen LogP contribution in [0, 0.1) is 10.7 Å². The fourth-order valence-electron chi connectivity index (χ4n) is 3.90. The Balaban J connectivity index is 1.71. The molecule has 148 valence electrons. The Morgan fingerprint density at radius 2 is 2.00 bits per heavy atom. The number of nitrogens with one attached hydrogen (secondary N) is 3. The summed E-state index contributed by atoms with van der Waals surface area (Å²) in [5.74, 6) is -1.31. The Morgan fingerprint density at radius 1 is 1.21 bits per heavy atom. The summed E-state index contributed by atoms with van der Waals surface area (Å²) in [6.45, 7) is 0.679. The Bertz CT molecular complexity index is 1110. The van der Waals surface area contributed by atoms with Gasteiger partial charge in [-0.3, -0.25) is 9.78 Å². The van der Waals surface area contributed by atoms with E-state index in [1.54, 1.807) is 16.8 Å². The van der Waals surface area contributed by atoms with Crippen molar-refractivity contribution in [2.24, 2.45) is 5.92 Å². The van der Waals surface area contributed by atoms with Gasteiger partial charge >= 0.3 is 6.18 Å². The van der Waals surface area contributed by atoms with Gasteiger partial charge in [-0.15, -0.1) is 0 Å². The average molecular weight is 408 g/mol. The number of alkyl halides is 3. The molecule has 0 unspecified atom stereocenters. The first-order valence-electron chi connectivity index (χ1n) is 9.02. The van der Waals surface area contributed by atoms with E-state index >= 15 is 0 Å². The van der Waals surface area contributed by atoms with Gasteiger partial charge in [-0.25, -0.2) is 0 Å². The standard InChI is InChI=1S/C19H19F3N4OS/c20-19(21,22)12-5-7-23-14(9-12)13-4-2-1-3-11(13)10-26-15-6-8-24-16(15)17(27)25-18(26)28/h1-4,6,8,12,14,23-24H,5,7,9-10H2,(H,25,27,28)/t12-,14+/m0/s1. The number of hydrogen-bond donors (Lipinski definition) is 3. The van der Waals surface area contributed by atoms with Crippen molar-refractivity contribution >= 4 is 23.3 Å². The van der Waals surface area contributed by atoms with Crippen LogP contribution < -0.4 is 10.9 Å². The summed E-state index contributed by atoms with van der Waals surface area (Å²) in [6.07, 6.45) is -2.42. The number of hydrogen-bond acceptors (Lipinski definition) is 3. The molecule has 9 heteroatoms. The van der Waals surface area contributed by atoms with Gasteiger partial charge in [0, 0.05) is 12.2 Å². The highest BCUT2D eigenvalue weighted by Gasteiger charge is 2.42. The molecule has 4 rings (SSSR count). The number of aromatic amines is 2. The van der Waals surface area contributed by atoms with E-state index in [2.05, 4.69) is 15.3 Å². The maximum absolute atomic E-state index is 13.2. The van der Waals surface area contributed by atoms with E-state index in [0.29, 0.717) is 24.1 Å². The number of aromatic nitrogens is 3. The molecular formula is C19H19F3N4OS. The molecule has 0 aliphatic carbocycles. The van der Waals surface area contributed by atoms with E-state index in [0.717, 1.165) is 11.1 Å². The van der Waals surface area contributed by atoms with Crippen LogP contribution in [0.15, 0.2) is 41.3 Å². The van der Waals surface area contributed by atoms with Crippen molar-refractivity contribution in [1.82, 2.24) is 19.9 Å². The molecule has 2 aromatic heterocycles. The molecule has 5 nitrogen and oxygen atoms in total. The second-order valence-electron chi connectivity index (χ2n) is 7.05. The van der Waals surface area contributed by atoms with E-state index in [1.165, 1.54) is 0 Å². The number of rotatable bonds is 3. The topological polar surface area (TPSA) is 65.6 Å². The van der Waals surface area contributed by atoms with Crippen molar-refractivity contribution < 1.29 is 13.2 Å². The maximum atomic E-state index is 13.2. The van der Waals surface area contributed by atoms with Gasteiger partial charge in [-0.05, 0) is 48.8 Å². The molecule has 1 aliphatic rings. The Kier molecular flexibility index (Phi) is 4.88. The second-order valence-corrected chi connectivity index (χ2v) is 7.44. The van der Waals surface area contributed by atoms with Crippen LogP contribution in [0.5, 0.6) is 0 Å². The van der Waals surface area contributed by atoms with Crippen molar-refractivity contribution in [2.45, 2.75) is 31.6 Å². The predicted molar refractivity (Wildman–Crippen MR) is 103 cm³/mol. The highest BCUT2D eigenvalue weighted by atomic mass is 32.1. The van der Waals surface area contributed by atoms with Gasteiger partial charge < -0.3 is 14.9 Å². The van der Waals surface area contributed by atoms with E-state index in [4.69, 9.17) is 12.2 Å². The number of benzene rings is 1. The molecule has 1 saturated heterocycles. The molecule has 0 spiro atoms. The van der Waals surface area contributed by atoms with Gasteiger partial charge in [-0.2, -0.15) is 13.2 Å². The lowest BCUT2D eigenvalue weighted by atomic mass is 9.86. The first-order valence-corrected chi connectivity index (χ1v) is 9.43. The quantitative estimate of drug-likeness (QED) is 0.573. The van der Waals surface area contributed by atoms with Gasteiger partial charge in [0.2, 0.25) is 0 Å². The summed E-state index contributed by atoms with van der Waals surface area (Å²) in [5, 5.41) is 3.22. The summed E-state index contributed by atoms with van der Waals surface area (Å²) >= 11 is 5.33. The zero-order chi connectivity index (χ0) is 19.9. The molecule has 2 atom stereocenters. The van der Waals surface area contributed by atoms with Crippen molar-refractivity contribution in [3.63, 3.8) is 0 Å². The van der Waals surface area contributed by atoms with E-state index < -0.39 is 12.1 Å². The first-order chi connectivity index (χ1) is 13.3. The molecule has 1 aromatic carbocycles. The number of nitrogens with zero attached hydrogens (tertiary/aromatic N) is 1. The van der Waals surface area contributed by atoms with Gasteiger partial charge in [0.25, 0.3) is 5.56 Å². The number of halogens is 3. The van der Waals surface area contributed by atoms with Gasteiger partial charge in [-0.1, -0.05) is 24.3 Å². The number of fused-ring (bicyclic) bond motifs is 1. The molecule has 0 radical (unpaired) electrons. The van der Waals surface area contributed by atoms with Crippen LogP contribution in [0.1, 0.15) is 30.0 Å². The zero-order valence-electron chi connectivity index (χ0n) is 14.8. The fraction of sp³-hybridized carbons (Fsp3) is 0.368. The molecule has 1 aliphatic heterocycles. The summed E-state index contributed by atoms with van der Waals surface area (Å²) in [5.41, 5.74) is 2.48. The van der Waals surface area contributed by atoms with Crippen LogP contribution >= 0.6 is 12.2 Å². The van der Waals surface area contributed by atoms with Crippen molar-refractivity contribution in [3.8, 4) is 0 Å². The minimum atomic E-state index is -4.19. The molecule has 3 heterocycles. The zero-order valence-corrected chi connectivity index (χ0v) is 15.7. The first kappa shape index (κ1) is 18.9. The summed E-state index contributed by atoms with van der Waals surface area (Å²) < 4.78 is 41.7. The lowest BCUT2D eigenvalue weighted by Crippen LogP contribution is -2.38. The normalized spacial score (nSPS) is 20.5. The molecule has 3 aromatic rings. The molecule has 3 N–H and O–H groups in total. The Hall–Kier alpha value is -2.39. The lowest BCUT2D eigenvalue weighted by Gasteiger charge is -2.33. The van der Waals surface area contributed by atoms with E-state index in [9.17, 15) is 18.0 Å². The molecule has 0 bridgehead atoms. The maximum Gasteiger partial charge on any atom is 0.391 e. The predicted octanol–water partition coefficient (Wildman–Crippen LogP) is 4.04. The third kappa shape index (κ3) is 3.51. The largest absolute Gasteiger partial charge is 0.391 e. The Morgan fingerprint density at radius 3 is 2.79 bits per heavy atom. The minimum Gasteiger partial charge on any atom is -0.355 e. The van der Waals surface area contributed by atoms with Gasteiger partial charge in [0.1, 0.15) is 5.52 Å².